The lowest BCUT2D eigenvalue weighted by Gasteiger charge is -2.12. The monoisotopic (exact) mass is 379 g/mol. The van der Waals surface area contributed by atoms with E-state index in [1.165, 1.54) is 7.11 Å². The van der Waals surface area contributed by atoms with Gasteiger partial charge in [-0.25, -0.2) is 0 Å². The second kappa shape index (κ2) is 9.73. The van der Waals surface area contributed by atoms with Gasteiger partial charge in [0.25, 0.3) is 0 Å². The minimum atomic E-state index is -0.776. The number of carbonyl (C=O) groups is 2. The summed E-state index contributed by atoms with van der Waals surface area (Å²) in [7, 11) is 1.45. The fourth-order valence-corrected chi connectivity index (χ4v) is 1.99. The van der Waals surface area contributed by atoms with Gasteiger partial charge in [0.05, 0.1) is 13.2 Å². The highest BCUT2D eigenvalue weighted by atomic mass is 79.9. The van der Waals surface area contributed by atoms with E-state index in [4.69, 9.17) is 10.5 Å². The number of hydrogen-bond donors (Lipinski definition) is 3. The van der Waals surface area contributed by atoms with E-state index >= 15 is 0 Å². The fourth-order valence-electron chi connectivity index (χ4n) is 1.52. The predicted octanol–water partition coefficient (Wildman–Crippen LogP) is 1.21. The molecule has 0 aromatic heterocycles. The lowest BCUT2D eigenvalue weighted by atomic mass is 10.2. The van der Waals surface area contributed by atoms with E-state index in [9.17, 15) is 9.59 Å². The highest BCUT2D eigenvalue weighted by molar-refractivity contribution is 9.10. The smallest absolute Gasteiger partial charge is 0.243 e. The molecule has 8 heteroatoms. The zero-order valence-electron chi connectivity index (χ0n) is 11.8. The first-order valence-corrected chi connectivity index (χ1v) is 6.81. The number of rotatable bonds is 6. The quantitative estimate of drug-likeness (QED) is 0.691. The number of aryl methyl sites for hydroxylation is 1. The molecular formula is C13H19BrClN3O3. The Hall–Kier alpha value is -1.15. The zero-order valence-corrected chi connectivity index (χ0v) is 14.2. The standard InChI is InChI=1S/C13H18BrN3O3.ClH/c1-8-5-9(14)3-4-11(8)17-12(18)6-16-13(19)10(15)7-20-2;/h3-5,10H,6-7,15H2,1-2H3,(H,16,19)(H,17,18);1H. The van der Waals surface area contributed by atoms with Crippen molar-refractivity contribution in [1.82, 2.24) is 5.32 Å². The molecule has 0 heterocycles. The summed E-state index contributed by atoms with van der Waals surface area (Å²) in [5, 5.41) is 5.17. The number of benzene rings is 1. The van der Waals surface area contributed by atoms with Crippen molar-refractivity contribution in [2.45, 2.75) is 13.0 Å². The molecule has 0 aliphatic heterocycles. The number of hydrogen-bond acceptors (Lipinski definition) is 4. The van der Waals surface area contributed by atoms with Gasteiger partial charge in [0.2, 0.25) is 11.8 Å². The van der Waals surface area contributed by atoms with E-state index in [1.54, 1.807) is 6.07 Å². The number of nitrogens with one attached hydrogen (secondary N) is 2. The summed E-state index contributed by atoms with van der Waals surface area (Å²) in [6, 6.07) is 4.73. The minimum absolute atomic E-state index is 0. The van der Waals surface area contributed by atoms with Crippen molar-refractivity contribution in [2.24, 2.45) is 5.73 Å². The van der Waals surface area contributed by atoms with Crippen molar-refractivity contribution in [3.8, 4) is 0 Å². The molecule has 0 spiro atoms. The maximum absolute atomic E-state index is 11.7. The van der Waals surface area contributed by atoms with Crippen LogP contribution in [0.3, 0.4) is 0 Å². The van der Waals surface area contributed by atoms with Crippen LogP contribution in [0.15, 0.2) is 22.7 Å². The molecule has 1 atom stereocenters. The Morgan fingerprint density at radius 2 is 2.10 bits per heavy atom. The predicted molar refractivity (Wildman–Crippen MR) is 87.6 cm³/mol. The average Bonchev–Trinajstić information content (AvgIpc) is 2.39. The largest absolute Gasteiger partial charge is 0.383 e. The third kappa shape index (κ3) is 6.90. The second-order valence-electron chi connectivity index (χ2n) is 4.29. The van der Waals surface area contributed by atoms with Crippen LogP contribution >= 0.6 is 28.3 Å². The number of amides is 2. The summed E-state index contributed by atoms with van der Waals surface area (Å²) < 4.78 is 5.70. The number of halogens is 2. The molecule has 0 saturated heterocycles. The topological polar surface area (TPSA) is 93.4 Å². The molecule has 0 aliphatic rings. The molecule has 0 bridgehead atoms. The van der Waals surface area contributed by atoms with Crippen molar-refractivity contribution in [2.75, 3.05) is 25.6 Å². The first-order chi connectivity index (χ1) is 9.43. The van der Waals surface area contributed by atoms with Crippen LogP contribution in [0.2, 0.25) is 0 Å². The van der Waals surface area contributed by atoms with Crippen LogP contribution in [0, 0.1) is 6.92 Å². The highest BCUT2D eigenvalue weighted by Gasteiger charge is 2.14. The van der Waals surface area contributed by atoms with Gasteiger partial charge in [0.15, 0.2) is 0 Å². The van der Waals surface area contributed by atoms with Gasteiger partial charge in [-0.2, -0.15) is 0 Å². The molecule has 21 heavy (non-hydrogen) atoms. The summed E-state index contributed by atoms with van der Waals surface area (Å²) in [5.74, 6) is -0.733. The van der Waals surface area contributed by atoms with Crippen LogP contribution in [-0.2, 0) is 14.3 Å². The summed E-state index contributed by atoms with van der Waals surface area (Å²) in [6.07, 6.45) is 0. The van der Waals surface area contributed by atoms with Crippen molar-refractivity contribution >= 4 is 45.8 Å². The van der Waals surface area contributed by atoms with Gasteiger partial charge in [-0.05, 0) is 30.7 Å². The van der Waals surface area contributed by atoms with Crippen LogP contribution < -0.4 is 16.4 Å². The summed E-state index contributed by atoms with van der Waals surface area (Å²) in [4.78, 5) is 23.2. The Kier molecular flexibility index (Phi) is 9.19. The molecule has 0 aliphatic carbocycles. The maximum atomic E-state index is 11.7. The number of ether oxygens (including phenoxy) is 1. The highest BCUT2D eigenvalue weighted by Crippen LogP contribution is 2.19. The molecular weight excluding hydrogens is 362 g/mol. The van der Waals surface area contributed by atoms with Gasteiger partial charge in [0, 0.05) is 17.3 Å². The summed E-state index contributed by atoms with van der Waals surface area (Å²) in [6.45, 7) is 1.86. The molecule has 118 valence electrons. The van der Waals surface area contributed by atoms with E-state index in [1.807, 2.05) is 19.1 Å². The fraction of sp³-hybridized carbons (Fsp3) is 0.385. The molecule has 0 fully saturated rings. The molecule has 1 rings (SSSR count). The Bertz CT molecular complexity index is 500. The van der Waals surface area contributed by atoms with Crippen LogP contribution in [0.4, 0.5) is 5.69 Å². The van der Waals surface area contributed by atoms with Crippen molar-refractivity contribution in [3.63, 3.8) is 0 Å². The van der Waals surface area contributed by atoms with E-state index in [0.717, 1.165) is 10.0 Å². The molecule has 1 unspecified atom stereocenters. The van der Waals surface area contributed by atoms with E-state index in [-0.39, 0.29) is 31.5 Å². The normalized spacial score (nSPS) is 11.2. The van der Waals surface area contributed by atoms with Gasteiger partial charge in [0.1, 0.15) is 6.04 Å². The number of anilines is 1. The number of methoxy groups -OCH3 is 1. The first-order valence-electron chi connectivity index (χ1n) is 6.02. The lowest BCUT2D eigenvalue weighted by Crippen LogP contribution is -2.45. The Morgan fingerprint density at radius 1 is 1.43 bits per heavy atom. The molecule has 6 nitrogen and oxygen atoms in total. The molecule has 4 N–H and O–H groups in total. The van der Waals surface area contributed by atoms with E-state index in [0.29, 0.717) is 5.69 Å². The molecule has 1 aromatic carbocycles. The van der Waals surface area contributed by atoms with E-state index in [2.05, 4.69) is 26.6 Å². The Labute approximate surface area is 138 Å². The van der Waals surface area contributed by atoms with Crippen LogP contribution in [0.5, 0.6) is 0 Å². The van der Waals surface area contributed by atoms with Crippen molar-refractivity contribution in [1.29, 1.82) is 0 Å². The molecule has 0 radical (unpaired) electrons. The Balaban J connectivity index is 0.00000400. The van der Waals surface area contributed by atoms with Gasteiger partial charge < -0.3 is 21.1 Å². The lowest BCUT2D eigenvalue weighted by molar-refractivity contribution is -0.126. The third-order valence-electron chi connectivity index (χ3n) is 2.57. The Morgan fingerprint density at radius 3 is 2.67 bits per heavy atom. The van der Waals surface area contributed by atoms with E-state index < -0.39 is 11.9 Å². The molecule has 0 saturated carbocycles. The van der Waals surface area contributed by atoms with Gasteiger partial charge >= 0.3 is 0 Å². The minimum Gasteiger partial charge on any atom is -0.383 e. The van der Waals surface area contributed by atoms with Crippen molar-refractivity contribution in [3.05, 3.63) is 28.2 Å². The number of carbonyl (C=O) groups excluding carboxylic acids is 2. The summed E-state index contributed by atoms with van der Waals surface area (Å²) >= 11 is 3.35. The summed E-state index contributed by atoms with van der Waals surface area (Å²) in [5.41, 5.74) is 7.16. The third-order valence-corrected chi connectivity index (χ3v) is 3.06. The van der Waals surface area contributed by atoms with Crippen molar-refractivity contribution < 1.29 is 14.3 Å². The SMILES string of the molecule is COCC(N)C(=O)NCC(=O)Nc1ccc(Br)cc1C.Cl. The zero-order chi connectivity index (χ0) is 15.1. The first kappa shape index (κ1) is 19.9. The van der Waals surface area contributed by atoms with Gasteiger partial charge in [-0.15, -0.1) is 12.4 Å². The van der Waals surface area contributed by atoms with Gasteiger partial charge in [-0.1, -0.05) is 15.9 Å². The van der Waals surface area contributed by atoms with Crippen LogP contribution in [0.25, 0.3) is 0 Å². The average molecular weight is 381 g/mol. The second-order valence-corrected chi connectivity index (χ2v) is 5.20. The number of nitrogens with two attached hydrogens (primary N) is 1. The maximum Gasteiger partial charge on any atom is 0.243 e. The molecule has 1 aromatic rings. The van der Waals surface area contributed by atoms with Crippen LogP contribution in [-0.4, -0.2) is 38.1 Å². The van der Waals surface area contributed by atoms with Crippen LogP contribution in [0.1, 0.15) is 5.56 Å². The molecule has 2 amide bonds. The van der Waals surface area contributed by atoms with Gasteiger partial charge in [-0.3, -0.25) is 9.59 Å².